The summed E-state index contributed by atoms with van der Waals surface area (Å²) in [4.78, 5) is 0. The van der Waals surface area contributed by atoms with Gasteiger partial charge in [0.2, 0.25) is 0 Å². The molecule has 0 saturated heterocycles. The van der Waals surface area contributed by atoms with E-state index in [2.05, 4.69) is 45.4 Å². The van der Waals surface area contributed by atoms with E-state index in [9.17, 15) is 0 Å². The van der Waals surface area contributed by atoms with Crippen molar-refractivity contribution < 1.29 is 0 Å². The molecule has 0 aromatic heterocycles. The summed E-state index contributed by atoms with van der Waals surface area (Å²) in [6, 6.07) is 0. The zero-order valence-electron chi connectivity index (χ0n) is 5.87. The van der Waals surface area contributed by atoms with Crippen LogP contribution in [-0.4, -0.2) is 0 Å². The topological polar surface area (TPSA) is 0 Å². The van der Waals surface area contributed by atoms with Gasteiger partial charge in [-0.1, -0.05) is 41.9 Å². The molecular weight excluding hydrogens is 223 g/mol. The standard InChI is InChI=1S/C8H11I/c1-3-5-8(7-9)6-4-2/h7H,3,5H2,1-2H3/b8-7-. The first-order valence-electron chi connectivity index (χ1n) is 3.07. The second kappa shape index (κ2) is 6.15. The van der Waals surface area contributed by atoms with Crippen LogP contribution in [0.3, 0.4) is 0 Å². The highest BCUT2D eigenvalue weighted by Crippen LogP contribution is 2.05. The number of hydrogen-bond donors (Lipinski definition) is 0. The van der Waals surface area contributed by atoms with Crippen molar-refractivity contribution in [2.75, 3.05) is 0 Å². The first-order valence-corrected chi connectivity index (χ1v) is 4.31. The van der Waals surface area contributed by atoms with E-state index in [0.717, 1.165) is 6.42 Å². The molecule has 0 aromatic rings. The maximum atomic E-state index is 3.04. The van der Waals surface area contributed by atoms with Crippen LogP contribution in [0.25, 0.3) is 0 Å². The lowest BCUT2D eigenvalue weighted by Gasteiger charge is -1.90. The summed E-state index contributed by atoms with van der Waals surface area (Å²) in [6.07, 6.45) is 2.30. The minimum absolute atomic E-state index is 1.11. The highest BCUT2D eigenvalue weighted by molar-refractivity contribution is 14.1. The Morgan fingerprint density at radius 2 is 2.33 bits per heavy atom. The van der Waals surface area contributed by atoms with Crippen LogP contribution < -0.4 is 0 Å². The van der Waals surface area contributed by atoms with E-state index >= 15 is 0 Å². The van der Waals surface area contributed by atoms with Crippen molar-refractivity contribution in [1.29, 1.82) is 0 Å². The molecule has 0 aliphatic carbocycles. The normalized spacial score (nSPS) is 10.3. The van der Waals surface area contributed by atoms with Gasteiger partial charge in [-0.15, -0.1) is 5.92 Å². The zero-order chi connectivity index (χ0) is 7.11. The van der Waals surface area contributed by atoms with Crippen LogP contribution in [-0.2, 0) is 0 Å². The fourth-order valence-electron chi connectivity index (χ4n) is 0.574. The molecule has 0 amide bonds. The fourth-order valence-corrected chi connectivity index (χ4v) is 1.04. The van der Waals surface area contributed by atoms with Gasteiger partial charge in [0, 0.05) is 5.57 Å². The van der Waals surface area contributed by atoms with Gasteiger partial charge in [0.1, 0.15) is 0 Å². The predicted molar refractivity (Wildman–Crippen MR) is 50.5 cm³/mol. The second-order valence-corrected chi connectivity index (χ2v) is 2.38. The molecule has 0 spiro atoms. The highest BCUT2D eigenvalue weighted by atomic mass is 127. The van der Waals surface area contributed by atoms with Gasteiger partial charge >= 0.3 is 0 Å². The van der Waals surface area contributed by atoms with E-state index in [1.807, 2.05) is 6.92 Å². The molecule has 0 fully saturated rings. The Kier molecular flexibility index (Phi) is 6.18. The summed E-state index contributed by atoms with van der Waals surface area (Å²) >= 11 is 2.23. The van der Waals surface area contributed by atoms with E-state index < -0.39 is 0 Å². The average Bonchev–Trinajstić information content (AvgIpc) is 1.88. The van der Waals surface area contributed by atoms with Gasteiger partial charge in [0.15, 0.2) is 0 Å². The Bertz CT molecular complexity index is 146. The van der Waals surface area contributed by atoms with Gasteiger partial charge in [-0.25, -0.2) is 0 Å². The Hall–Kier alpha value is 0.0300. The smallest absolute Gasteiger partial charge is 0.00806 e. The van der Waals surface area contributed by atoms with Crippen molar-refractivity contribution >= 4 is 22.6 Å². The maximum absolute atomic E-state index is 3.04. The van der Waals surface area contributed by atoms with Crippen LogP contribution >= 0.6 is 22.6 Å². The van der Waals surface area contributed by atoms with Gasteiger partial charge in [0.25, 0.3) is 0 Å². The first-order chi connectivity index (χ1) is 4.35. The second-order valence-electron chi connectivity index (χ2n) is 1.76. The van der Waals surface area contributed by atoms with Gasteiger partial charge in [-0.3, -0.25) is 0 Å². The Morgan fingerprint density at radius 1 is 1.67 bits per heavy atom. The van der Waals surface area contributed by atoms with Crippen molar-refractivity contribution in [3.8, 4) is 11.8 Å². The van der Waals surface area contributed by atoms with Crippen molar-refractivity contribution in [2.24, 2.45) is 0 Å². The minimum atomic E-state index is 1.11. The molecule has 1 heteroatoms. The molecular formula is C8H11I. The maximum Gasteiger partial charge on any atom is 0.00806 e. The Balaban J connectivity index is 3.80. The number of halogens is 1. The summed E-state index contributed by atoms with van der Waals surface area (Å²) < 4.78 is 2.05. The number of hydrogen-bond acceptors (Lipinski definition) is 0. The van der Waals surface area contributed by atoms with Crippen LogP contribution in [0.2, 0.25) is 0 Å². The first kappa shape index (κ1) is 9.03. The summed E-state index contributed by atoms with van der Waals surface area (Å²) in [5.74, 6) is 5.92. The minimum Gasteiger partial charge on any atom is -0.102 e. The van der Waals surface area contributed by atoms with Crippen molar-refractivity contribution in [1.82, 2.24) is 0 Å². The SMILES string of the molecule is CC#C/C(=C\I)CCC. The van der Waals surface area contributed by atoms with E-state index in [1.165, 1.54) is 12.0 Å². The van der Waals surface area contributed by atoms with Crippen LogP contribution in [0, 0.1) is 11.8 Å². The van der Waals surface area contributed by atoms with E-state index in [-0.39, 0.29) is 0 Å². The van der Waals surface area contributed by atoms with Crippen LogP contribution in [0.5, 0.6) is 0 Å². The third-order valence-corrected chi connectivity index (χ3v) is 1.69. The molecule has 0 N–H and O–H groups in total. The van der Waals surface area contributed by atoms with Crippen molar-refractivity contribution in [3.05, 3.63) is 9.66 Å². The third-order valence-electron chi connectivity index (χ3n) is 0.937. The molecule has 0 bridgehead atoms. The van der Waals surface area contributed by atoms with E-state index in [0.29, 0.717) is 0 Å². The van der Waals surface area contributed by atoms with Crippen LogP contribution in [0.15, 0.2) is 9.66 Å². The molecule has 50 valence electrons. The summed E-state index contributed by atoms with van der Waals surface area (Å²) in [7, 11) is 0. The zero-order valence-corrected chi connectivity index (χ0v) is 8.03. The third kappa shape index (κ3) is 4.53. The van der Waals surface area contributed by atoms with Gasteiger partial charge in [-0.05, 0) is 17.4 Å². The Labute approximate surface area is 70.9 Å². The molecule has 0 rings (SSSR count). The van der Waals surface area contributed by atoms with Crippen molar-refractivity contribution in [3.63, 3.8) is 0 Å². The van der Waals surface area contributed by atoms with Gasteiger partial charge < -0.3 is 0 Å². The molecule has 0 saturated carbocycles. The van der Waals surface area contributed by atoms with E-state index in [4.69, 9.17) is 0 Å². The summed E-state index contributed by atoms with van der Waals surface area (Å²) in [6.45, 7) is 4.04. The van der Waals surface area contributed by atoms with Crippen LogP contribution in [0.4, 0.5) is 0 Å². The molecule has 0 aromatic carbocycles. The molecule has 0 nitrogen and oxygen atoms in total. The van der Waals surface area contributed by atoms with E-state index in [1.54, 1.807) is 0 Å². The molecule has 9 heavy (non-hydrogen) atoms. The number of rotatable bonds is 2. The monoisotopic (exact) mass is 234 g/mol. The summed E-state index contributed by atoms with van der Waals surface area (Å²) in [5, 5.41) is 0. The fraction of sp³-hybridized carbons (Fsp3) is 0.500. The molecule has 0 heterocycles. The Morgan fingerprint density at radius 3 is 2.67 bits per heavy atom. The van der Waals surface area contributed by atoms with Crippen molar-refractivity contribution in [2.45, 2.75) is 26.7 Å². The van der Waals surface area contributed by atoms with Gasteiger partial charge in [-0.2, -0.15) is 0 Å². The molecule has 0 aliphatic rings. The average molecular weight is 234 g/mol. The summed E-state index contributed by atoms with van der Waals surface area (Å²) in [5.41, 5.74) is 1.25. The lowest BCUT2D eigenvalue weighted by molar-refractivity contribution is 0.935. The van der Waals surface area contributed by atoms with Gasteiger partial charge in [0.05, 0.1) is 0 Å². The molecule has 0 unspecified atom stereocenters. The molecule has 0 atom stereocenters. The largest absolute Gasteiger partial charge is 0.102 e. The predicted octanol–water partition coefficient (Wildman–Crippen LogP) is 3.13. The quantitative estimate of drug-likeness (QED) is 0.508. The highest BCUT2D eigenvalue weighted by Gasteiger charge is 1.85. The molecule has 0 radical (unpaired) electrons. The lowest BCUT2D eigenvalue weighted by atomic mass is 10.2. The van der Waals surface area contributed by atoms with Crippen LogP contribution in [0.1, 0.15) is 26.7 Å². The molecule has 0 aliphatic heterocycles. The number of allylic oxidation sites excluding steroid dienone is 1. The lowest BCUT2D eigenvalue weighted by Crippen LogP contribution is -1.74.